The monoisotopic (exact) mass is 266 g/mol. The van der Waals surface area contributed by atoms with Gasteiger partial charge in [-0.2, -0.15) is 13.2 Å². The maximum absolute atomic E-state index is 12.8. The molecule has 1 nitrogen and oxygen atoms in total. The van der Waals surface area contributed by atoms with Gasteiger partial charge >= 0.3 is 6.18 Å². The third-order valence-electron chi connectivity index (χ3n) is 2.80. The van der Waals surface area contributed by atoms with E-state index in [0.717, 1.165) is 11.6 Å². The van der Waals surface area contributed by atoms with E-state index in [4.69, 9.17) is 4.74 Å². The van der Waals surface area contributed by atoms with Crippen LogP contribution in [-0.4, -0.2) is 0 Å². The van der Waals surface area contributed by atoms with Crippen molar-refractivity contribution in [3.8, 4) is 5.75 Å². The summed E-state index contributed by atoms with van der Waals surface area (Å²) in [5.41, 5.74) is 0.383. The average Bonchev–Trinajstić information content (AvgIpc) is 2.37. The first-order chi connectivity index (χ1) is 8.98. The fourth-order valence-electron chi connectivity index (χ4n) is 1.80. The Morgan fingerprint density at radius 3 is 2.26 bits per heavy atom. The Morgan fingerprint density at radius 2 is 1.58 bits per heavy atom. The summed E-state index contributed by atoms with van der Waals surface area (Å²) in [4.78, 5) is 0. The van der Waals surface area contributed by atoms with Crippen molar-refractivity contribution in [2.45, 2.75) is 19.7 Å². The highest BCUT2D eigenvalue weighted by Gasteiger charge is 2.32. The first kappa shape index (κ1) is 13.5. The van der Waals surface area contributed by atoms with Gasteiger partial charge in [0, 0.05) is 5.56 Å². The van der Waals surface area contributed by atoms with Gasteiger partial charge in [-0.3, -0.25) is 0 Å². The minimum atomic E-state index is -4.36. The summed E-state index contributed by atoms with van der Waals surface area (Å²) < 4.78 is 43.9. The van der Waals surface area contributed by atoms with E-state index in [2.05, 4.69) is 0 Å². The minimum Gasteiger partial charge on any atom is -0.489 e. The van der Waals surface area contributed by atoms with Crippen LogP contribution >= 0.6 is 0 Å². The van der Waals surface area contributed by atoms with Gasteiger partial charge < -0.3 is 4.74 Å². The number of ether oxygens (including phenoxy) is 1. The topological polar surface area (TPSA) is 9.23 Å². The van der Waals surface area contributed by atoms with Gasteiger partial charge in [0.25, 0.3) is 0 Å². The molecule has 0 aliphatic carbocycles. The Kier molecular flexibility index (Phi) is 3.79. The molecule has 0 fully saturated rings. The van der Waals surface area contributed by atoms with Crippen molar-refractivity contribution in [2.75, 3.05) is 0 Å². The Labute approximate surface area is 109 Å². The number of alkyl halides is 3. The molecule has 0 aliphatic rings. The van der Waals surface area contributed by atoms with E-state index in [-0.39, 0.29) is 12.2 Å². The van der Waals surface area contributed by atoms with Crippen LogP contribution in [-0.2, 0) is 12.8 Å². The second-order valence-corrected chi connectivity index (χ2v) is 4.21. The lowest BCUT2D eigenvalue weighted by Crippen LogP contribution is -2.10. The molecule has 0 heterocycles. The lowest BCUT2D eigenvalue weighted by molar-refractivity contribution is -0.138. The van der Waals surface area contributed by atoms with Crippen molar-refractivity contribution in [1.82, 2.24) is 0 Å². The quantitative estimate of drug-likeness (QED) is 0.789. The Hall–Kier alpha value is -1.97. The fourth-order valence-corrected chi connectivity index (χ4v) is 1.80. The van der Waals surface area contributed by atoms with Crippen LogP contribution in [0.1, 0.15) is 16.7 Å². The second kappa shape index (κ2) is 5.34. The highest BCUT2D eigenvalue weighted by atomic mass is 19.4. The zero-order chi connectivity index (χ0) is 13.9. The summed E-state index contributed by atoms with van der Waals surface area (Å²) in [6.45, 7) is 1.76. The second-order valence-electron chi connectivity index (χ2n) is 4.21. The van der Waals surface area contributed by atoms with Crippen LogP contribution in [0.25, 0.3) is 0 Å². The Bertz CT molecular complexity index is 561. The molecule has 0 unspecified atom stereocenters. The van der Waals surface area contributed by atoms with Crippen LogP contribution in [0.3, 0.4) is 0 Å². The third kappa shape index (κ3) is 3.28. The fraction of sp³-hybridized carbons (Fsp3) is 0.200. The molecule has 0 bridgehead atoms. The van der Waals surface area contributed by atoms with Gasteiger partial charge in [-0.05, 0) is 24.6 Å². The Balaban J connectivity index is 2.19. The maximum Gasteiger partial charge on any atom is 0.416 e. The van der Waals surface area contributed by atoms with Crippen LogP contribution in [0.2, 0.25) is 0 Å². The molecule has 0 saturated heterocycles. The van der Waals surface area contributed by atoms with Gasteiger partial charge in [-0.1, -0.05) is 36.4 Å². The first-order valence-corrected chi connectivity index (χ1v) is 5.82. The lowest BCUT2D eigenvalue weighted by Gasteiger charge is -2.14. The summed E-state index contributed by atoms with van der Waals surface area (Å²) in [5, 5.41) is 0. The highest BCUT2D eigenvalue weighted by molar-refractivity contribution is 5.33. The molecule has 0 N–H and O–H groups in total. The van der Waals surface area contributed by atoms with E-state index in [0.29, 0.717) is 5.75 Å². The SMILES string of the molecule is Cc1ccccc1OCc1ccccc1C(F)(F)F. The molecule has 0 spiro atoms. The molecule has 0 amide bonds. The molecule has 0 radical (unpaired) electrons. The highest BCUT2D eigenvalue weighted by Crippen LogP contribution is 2.32. The van der Waals surface area contributed by atoms with Crippen molar-refractivity contribution >= 4 is 0 Å². The zero-order valence-corrected chi connectivity index (χ0v) is 10.4. The van der Waals surface area contributed by atoms with Gasteiger partial charge in [0.05, 0.1) is 5.56 Å². The number of hydrogen-bond donors (Lipinski definition) is 0. The van der Waals surface area contributed by atoms with Gasteiger partial charge in [-0.15, -0.1) is 0 Å². The summed E-state index contributed by atoms with van der Waals surface area (Å²) in [7, 11) is 0. The smallest absolute Gasteiger partial charge is 0.416 e. The number of halogens is 3. The number of hydrogen-bond acceptors (Lipinski definition) is 1. The molecule has 0 aliphatic heterocycles. The van der Waals surface area contributed by atoms with Crippen molar-refractivity contribution in [1.29, 1.82) is 0 Å². The van der Waals surface area contributed by atoms with E-state index in [1.165, 1.54) is 12.1 Å². The van der Waals surface area contributed by atoms with Crippen LogP contribution < -0.4 is 4.74 Å². The lowest BCUT2D eigenvalue weighted by atomic mass is 10.1. The summed E-state index contributed by atoms with van der Waals surface area (Å²) in [6, 6.07) is 12.7. The van der Waals surface area contributed by atoms with Crippen LogP contribution in [0, 0.1) is 6.92 Å². The molecular weight excluding hydrogens is 253 g/mol. The van der Waals surface area contributed by atoms with Crippen LogP contribution in [0.15, 0.2) is 48.5 Å². The predicted molar refractivity (Wildman–Crippen MR) is 67.0 cm³/mol. The molecule has 19 heavy (non-hydrogen) atoms. The van der Waals surface area contributed by atoms with Crippen molar-refractivity contribution in [3.63, 3.8) is 0 Å². The standard InChI is InChI=1S/C15H13F3O/c1-11-6-2-5-9-14(11)19-10-12-7-3-4-8-13(12)15(16,17)18/h2-9H,10H2,1H3. The largest absolute Gasteiger partial charge is 0.489 e. The van der Waals surface area contributed by atoms with Crippen molar-refractivity contribution in [2.24, 2.45) is 0 Å². The molecule has 0 aromatic heterocycles. The van der Waals surface area contributed by atoms with Crippen LogP contribution in [0.5, 0.6) is 5.75 Å². The molecular formula is C15H13F3O. The molecule has 2 rings (SSSR count). The predicted octanol–water partition coefficient (Wildman–Crippen LogP) is 4.59. The third-order valence-corrected chi connectivity index (χ3v) is 2.80. The van der Waals surface area contributed by atoms with Crippen molar-refractivity contribution in [3.05, 3.63) is 65.2 Å². The molecule has 4 heteroatoms. The molecule has 0 atom stereocenters. The van der Waals surface area contributed by atoms with E-state index in [1.54, 1.807) is 18.2 Å². The van der Waals surface area contributed by atoms with E-state index in [1.807, 2.05) is 19.1 Å². The average molecular weight is 266 g/mol. The van der Waals surface area contributed by atoms with Gasteiger partial charge in [0.2, 0.25) is 0 Å². The van der Waals surface area contributed by atoms with E-state index >= 15 is 0 Å². The normalized spacial score (nSPS) is 11.4. The summed E-state index contributed by atoms with van der Waals surface area (Å²) in [6.07, 6.45) is -4.36. The molecule has 2 aromatic carbocycles. The minimum absolute atomic E-state index is 0.0967. The number of rotatable bonds is 3. The van der Waals surface area contributed by atoms with Gasteiger partial charge in [0.1, 0.15) is 12.4 Å². The zero-order valence-electron chi connectivity index (χ0n) is 10.4. The van der Waals surface area contributed by atoms with Crippen LogP contribution in [0.4, 0.5) is 13.2 Å². The summed E-state index contributed by atoms with van der Waals surface area (Å²) in [5.74, 6) is 0.597. The summed E-state index contributed by atoms with van der Waals surface area (Å²) >= 11 is 0. The first-order valence-electron chi connectivity index (χ1n) is 5.82. The van der Waals surface area contributed by atoms with E-state index in [9.17, 15) is 13.2 Å². The number of para-hydroxylation sites is 1. The molecule has 0 saturated carbocycles. The van der Waals surface area contributed by atoms with E-state index < -0.39 is 11.7 Å². The van der Waals surface area contributed by atoms with Gasteiger partial charge in [0.15, 0.2) is 0 Å². The van der Waals surface area contributed by atoms with Crippen molar-refractivity contribution < 1.29 is 17.9 Å². The molecule has 100 valence electrons. The molecule has 2 aromatic rings. The Morgan fingerprint density at radius 1 is 0.947 bits per heavy atom. The number of aryl methyl sites for hydroxylation is 1. The maximum atomic E-state index is 12.8. The number of benzene rings is 2. The van der Waals surface area contributed by atoms with Gasteiger partial charge in [-0.25, -0.2) is 0 Å².